The summed E-state index contributed by atoms with van der Waals surface area (Å²) in [4.78, 5) is 8.75. The molecule has 0 aromatic carbocycles. The number of anilines is 1. The molecule has 0 amide bonds. The number of hydrogen-bond acceptors (Lipinski definition) is 4. The van der Waals surface area contributed by atoms with Gasteiger partial charge in [-0.05, 0) is 50.5 Å². The van der Waals surface area contributed by atoms with Crippen LogP contribution in [0.4, 0.5) is 5.82 Å². The quantitative estimate of drug-likeness (QED) is 0.900. The maximum atomic E-state index is 4.40. The van der Waals surface area contributed by atoms with Crippen LogP contribution in [0.3, 0.4) is 0 Å². The van der Waals surface area contributed by atoms with E-state index in [-0.39, 0.29) is 5.54 Å². The molecule has 3 rings (SSSR count). The first-order chi connectivity index (χ1) is 8.08. The number of hydrogen-bond donors (Lipinski definition) is 1. The van der Waals surface area contributed by atoms with E-state index in [9.17, 15) is 0 Å². The minimum absolute atomic E-state index is 0.138. The minimum Gasteiger partial charge on any atom is -0.364 e. The molecule has 0 aliphatic heterocycles. The summed E-state index contributed by atoms with van der Waals surface area (Å²) in [6.45, 7) is 6.62. The van der Waals surface area contributed by atoms with Crippen LogP contribution >= 0.6 is 11.3 Å². The minimum atomic E-state index is 0.138. The molecule has 4 heteroatoms. The molecule has 3 nitrogen and oxygen atoms in total. The number of fused-ring (bicyclic) bond motifs is 1. The molecule has 2 aromatic rings. The molecule has 1 aliphatic rings. The van der Waals surface area contributed by atoms with Gasteiger partial charge in [0.1, 0.15) is 12.1 Å². The van der Waals surface area contributed by atoms with Gasteiger partial charge >= 0.3 is 0 Å². The van der Waals surface area contributed by atoms with E-state index in [0.29, 0.717) is 0 Å². The Morgan fingerprint density at radius 2 is 2.12 bits per heavy atom. The summed E-state index contributed by atoms with van der Waals surface area (Å²) in [5, 5.41) is 5.74. The average molecular weight is 247 g/mol. The second kappa shape index (κ2) is 3.67. The normalized spacial score (nSPS) is 16.4. The summed E-state index contributed by atoms with van der Waals surface area (Å²) >= 11 is 1.73. The molecule has 0 radical (unpaired) electrons. The molecule has 0 saturated heterocycles. The molecular formula is C13H17N3S. The summed E-state index contributed by atoms with van der Waals surface area (Å²) in [6, 6.07) is 0. The van der Waals surface area contributed by atoms with Crippen LogP contribution in [0, 0.1) is 12.8 Å². The van der Waals surface area contributed by atoms with E-state index in [2.05, 4.69) is 41.4 Å². The van der Waals surface area contributed by atoms with Crippen LogP contribution in [0.1, 0.15) is 32.3 Å². The van der Waals surface area contributed by atoms with Crippen molar-refractivity contribution >= 4 is 27.4 Å². The Bertz CT molecular complexity index is 555. The van der Waals surface area contributed by atoms with E-state index in [4.69, 9.17) is 0 Å². The van der Waals surface area contributed by atoms with Crippen LogP contribution in [-0.2, 0) is 0 Å². The topological polar surface area (TPSA) is 37.8 Å². The highest BCUT2D eigenvalue weighted by Crippen LogP contribution is 2.42. The third-order valence-electron chi connectivity index (χ3n) is 3.57. The fraction of sp³-hybridized carbons (Fsp3) is 0.538. The van der Waals surface area contributed by atoms with Crippen molar-refractivity contribution in [1.82, 2.24) is 9.97 Å². The Hall–Kier alpha value is -1.16. The third kappa shape index (κ3) is 1.90. The monoisotopic (exact) mass is 247 g/mol. The lowest BCUT2D eigenvalue weighted by molar-refractivity contribution is 0.493. The van der Waals surface area contributed by atoms with Gasteiger partial charge in [0, 0.05) is 5.54 Å². The Labute approximate surface area is 105 Å². The van der Waals surface area contributed by atoms with Gasteiger partial charge in [0.2, 0.25) is 0 Å². The first kappa shape index (κ1) is 11.0. The smallest absolute Gasteiger partial charge is 0.147 e. The van der Waals surface area contributed by atoms with E-state index in [0.717, 1.165) is 17.3 Å². The van der Waals surface area contributed by atoms with E-state index >= 15 is 0 Å². The molecule has 0 unspecified atom stereocenters. The van der Waals surface area contributed by atoms with Crippen molar-refractivity contribution in [1.29, 1.82) is 0 Å². The number of aryl methyl sites for hydroxylation is 1. The first-order valence-electron chi connectivity index (χ1n) is 6.05. The molecule has 0 bridgehead atoms. The Kier molecular flexibility index (Phi) is 2.36. The van der Waals surface area contributed by atoms with Gasteiger partial charge in [-0.1, -0.05) is 0 Å². The maximum absolute atomic E-state index is 4.40. The average Bonchev–Trinajstić information content (AvgIpc) is 3.06. The lowest BCUT2D eigenvalue weighted by atomic mass is 9.99. The zero-order chi connectivity index (χ0) is 12.0. The summed E-state index contributed by atoms with van der Waals surface area (Å²) in [7, 11) is 0. The molecule has 1 fully saturated rings. The van der Waals surface area contributed by atoms with Gasteiger partial charge in [-0.15, -0.1) is 11.3 Å². The molecule has 17 heavy (non-hydrogen) atoms. The number of aromatic nitrogens is 2. The van der Waals surface area contributed by atoms with Crippen LogP contribution in [0.2, 0.25) is 0 Å². The zero-order valence-corrected chi connectivity index (χ0v) is 11.3. The Balaban J connectivity index is 2.00. The van der Waals surface area contributed by atoms with Crippen LogP contribution in [0.5, 0.6) is 0 Å². The van der Waals surface area contributed by atoms with Crippen molar-refractivity contribution in [2.45, 2.75) is 39.2 Å². The van der Waals surface area contributed by atoms with Gasteiger partial charge in [-0.25, -0.2) is 9.97 Å². The van der Waals surface area contributed by atoms with Crippen molar-refractivity contribution in [3.05, 3.63) is 17.3 Å². The predicted octanol–water partition coefficient (Wildman–Crippen LogP) is 3.60. The van der Waals surface area contributed by atoms with Crippen molar-refractivity contribution < 1.29 is 0 Å². The second-order valence-electron chi connectivity index (χ2n) is 5.44. The highest BCUT2D eigenvalue weighted by Gasteiger charge is 2.38. The third-order valence-corrected chi connectivity index (χ3v) is 4.66. The SMILES string of the molecule is Cc1csc2c(NC(C)(C)C3CC3)ncnc12. The van der Waals surface area contributed by atoms with Gasteiger partial charge in [-0.2, -0.15) is 0 Å². The van der Waals surface area contributed by atoms with E-state index in [1.54, 1.807) is 17.7 Å². The van der Waals surface area contributed by atoms with Crippen LogP contribution in [-0.4, -0.2) is 15.5 Å². The van der Waals surface area contributed by atoms with Crippen molar-refractivity contribution in [2.75, 3.05) is 5.32 Å². The molecule has 2 aromatic heterocycles. The lowest BCUT2D eigenvalue weighted by Gasteiger charge is -2.26. The summed E-state index contributed by atoms with van der Waals surface area (Å²) in [6.07, 6.45) is 4.32. The highest BCUT2D eigenvalue weighted by atomic mass is 32.1. The number of nitrogens with zero attached hydrogens (tertiary/aromatic N) is 2. The number of thiophene rings is 1. The number of nitrogens with one attached hydrogen (secondary N) is 1. The van der Waals surface area contributed by atoms with Gasteiger partial charge < -0.3 is 5.32 Å². The molecule has 2 heterocycles. The molecule has 1 aliphatic carbocycles. The van der Waals surface area contributed by atoms with Crippen molar-refractivity contribution in [3.63, 3.8) is 0 Å². The Morgan fingerprint density at radius 3 is 2.82 bits per heavy atom. The lowest BCUT2D eigenvalue weighted by Crippen LogP contribution is -2.33. The molecule has 90 valence electrons. The summed E-state index contributed by atoms with van der Waals surface area (Å²) in [5.41, 5.74) is 2.46. The van der Waals surface area contributed by atoms with E-state index in [1.165, 1.54) is 23.1 Å². The van der Waals surface area contributed by atoms with Gasteiger partial charge in [0.05, 0.1) is 10.2 Å². The summed E-state index contributed by atoms with van der Waals surface area (Å²) < 4.78 is 1.18. The van der Waals surface area contributed by atoms with E-state index < -0.39 is 0 Å². The molecular weight excluding hydrogens is 230 g/mol. The Morgan fingerprint density at radius 1 is 1.35 bits per heavy atom. The van der Waals surface area contributed by atoms with Crippen LogP contribution < -0.4 is 5.32 Å². The van der Waals surface area contributed by atoms with Crippen LogP contribution in [0.15, 0.2) is 11.7 Å². The molecule has 0 atom stereocenters. The highest BCUT2D eigenvalue weighted by molar-refractivity contribution is 7.18. The van der Waals surface area contributed by atoms with Gasteiger partial charge in [0.15, 0.2) is 0 Å². The second-order valence-corrected chi connectivity index (χ2v) is 6.32. The number of rotatable bonds is 3. The standard InChI is InChI=1S/C13H17N3S/c1-8-6-17-11-10(8)14-7-15-12(11)16-13(2,3)9-4-5-9/h6-7,9H,4-5H2,1-3H3,(H,14,15,16). The van der Waals surface area contributed by atoms with E-state index in [1.807, 2.05) is 0 Å². The molecule has 1 saturated carbocycles. The first-order valence-corrected chi connectivity index (χ1v) is 6.93. The predicted molar refractivity (Wildman–Crippen MR) is 72.6 cm³/mol. The molecule has 0 spiro atoms. The summed E-state index contributed by atoms with van der Waals surface area (Å²) in [5.74, 6) is 1.78. The van der Waals surface area contributed by atoms with Gasteiger partial charge in [-0.3, -0.25) is 0 Å². The maximum Gasteiger partial charge on any atom is 0.147 e. The fourth-order valence-corrected chi connectivity index (χ4v) is 3.22. The zero-order valence-electron chi connectivity index (χ0n) is 10.4. The molecule has 1 N–H and O–H groups in total. The van der Waals surface area contributed by atoms with Crippen molar-refractivity contribution in [2.24, 2.45) is 5.92 Å². The van der Waals surface area contributed by atoms with Gasteiger partial charge in [0.25, 0.3) is 0 Å². The van der Waals surface area contributed by atoms with Crippen LogP contribution in [0.25, 0.3) is 10.2 Å². The fourth-order valence-electron chi connectivity index (χ4n) is 2.27. The largest absolute Gasteiger partial charge is 0.364 e. The van der Waals surface area contributed by atoms with Crippen molar-refractivity contribution in [3.8, 4) is 0 Å².